The average molecular weight is 199 g/mol. The van der Waals surface area contributed by atoms with Crippen LogP contribution in [0.1, 0.15) is 78.1 Å². The van der Waals surface area contributed by atoms with Crippen molar-refractivity contribution in [1.82, 2.24) is 0 Å². The molecule has 14 heavy (non-hydrogen) atoms. The molecule has 0 aromatic rings. The number of unbranched alkanes of at least 4 members (excludes halogenated alkanes) is 8. The minimum absolute atomic E-state index is 0.402. The number of nitrogens with two attached hydrogens (primary N) is 1. The van der Waals surface area contributed by atoms with Crippen LogP contribution in [0.4, 0.5) is 0 Å². The third kappa shape index (κ3) is 12.0. The fourth-order valence-electron chi connectivity index (χ4n) is 1.78. The van der Waals surface area contributed by atoms with E-state index in [1.54, 1.807) is 0 Å². The van der Waals surface area contributed by atoms with Crippen LogP contribution in [0.3, 0.4) is 0 Å². The van der Waals surface area contributed by atoms with Crippen LogP contribution >= 0.6 is 0 Å². The highest BCUT2D eigenvalue weighted by atomic mass is 14.6. The van der Waals surface area contributed by atoms with E-state index in [-0.39, 0.29) is 0 Å². The summed E-state index contributed by atoms with van der Waals surface area (Å²) in [6, 6.07) is 0.402. The van der Waals surface area contributed by atoms with Crippen molar-refractivity contribution in [1.29, 1.82) is 0 Å². The summed E-state index contributed by atoms with van der Waals surface area (Å²) in [6.07, 6.45) is 13.9. The molecule has 0 radical (unpaired) electrons. The standard InChI is InChI=1S/C13H29N/c1-3-4-5-6-7-8-9-10-11-12-13(2)14/h13H,3-12,14H2,1-2H3/t13-/m1/s1. The van der Waals surface area contributed by atoms with Gasteiger partial charge >= 0.3 is 0 Å². The molecular weight excluding hydrogens is 170 g/mol. The van der Waals surface area contributed by atoms with E-state index in [1.807, 2.05) is 0 Å². The predicted molar refractivity (Wildman–Crippen MR) is 65.5 cm³/mol. The van der Waals surface area contributed by atoms with Gasteiger partial charge in [0.05, 0.1) is 0 Å². The lowest BCUT2D eigenvalue weighted by Gasteiger charge is -2.04. The zero-order chi connectivity index (χ0) is 10.6. The Morgan fingerprint density at radius 2 is 1.21 bits per heavy atom. The van der Waals surface area contributed by atoms with E-state index < -0.39 is 0 Å². The molecule has 1 heteroatoms. The van der Waals surface area contributed by atoms with Gasteiger partial charge in [0.15, 0.2) is 0 Å². The van der Waals surface area contributed by atoms with E-state index in [9.17, 15) is 0 Å². The number of rotatable bonds is 10. The Balaban J connectivity index is 2.85. The van der Waals surface area contributed by atoms with Gasteiger partial charge in [-0.15, -0.1) is 0 Å². The molecule has 1 atom stereocenters. The highest BCUT2D eigenvalue weighted by molar-refractivity contribution is 4.53. The van der Waals surface area contributed by atoms with Crippen LogP contribution in [-0.2, 0) is 0 Å². The summed E-state index contributed by atoms with van der Waals surface area (Å²) in [6.45, 7) is 4.37. The summed E-state index contributed by atoms with van der Waals surface area (Å²) in [5.74, 6) is 0. The van der Waals surface area contributed by atoms with Crippen LogP contribution in [0.5, 0.6) is 0 Å². The molecule has 0 heterocycles. The minimum Gasteiger partial charge on any atom is -0.328 e. The lowest BCUT2D eigenvalue weighted by Crippen LogP contribution is -2.13. The largest absolute Gasteiger partial charge is 0.328 e. The highest BCUT2D eigenvalue weighted by Crippen LogP contribution is 2.10. The Labute approximate surface area is 90.5 Å². The molecule has 0 aliphatic heterocycles. The van der Waals surface area contributed by atoms with E-state index in [1.165, 1.54) is 64.2 Å². The lowest BCUT2D eigenvalue weighted by molar-refractivity contribution is 0.537. The van der Waals surface area contributed by atoms with E-state index in [2.05, 4.69) is 13.8 Å². The maximum atomic E-state index is 5.69. The van der Waals surface area contributed by atoms with Gasteiger partial charge in [-0.25, -0.2) is 0 Å². The van der Waals surface area contributed by atoms with E-state index >= 15 is 0 Å². The zero-order valence-corrected chi connectivity index (χ0v) is 10.2. The van der Waals surface area contributed by atoms with Crippen molar-refractivity contribution in [3.05, 3.63) is 0 Å². The molecule has 2 N–H and O–H groups in total. The second-order valence-electron chi connectivity index (χ2n) is 4.59. The zero-order valence-electron chi connectivity index (χ0n) is 10.2. The molecule has 0 aliphatic carbocycles. The van der Waals surface area contributed by atoms with Crippen LogP contribution in [-0.4, -0.2) is 6.04 Å². The first-order chi connectivity index (χ1) is 6.77. The van der Waals surface area contributed by atoms with Crippen molar-refractivity contribution in [2.24, 2.45) is 5.73 Å². The van der Waals surface area contributed by atoms with E-state index in [0.29, 0.717) is 6.04 Å². The monoisotopic (exact) mass is 199 g/mol. The molecule has 0 aliphatic rings. The Morgan fingerprint density at radius 1 is 0.786 bits per heavy atom. The molecule has 0 aromatic heterocycles. The minimum atomic E-state index is 0.402. The topological polar surface area (TPSA) is 26.0 Å². The maximum absolute atomic E-state index is 5.69. The van der Waals surface area contributed by atoms with Gasteiger partial charge in [-0.3, -0.25) is 0 Å². The molecule has 1 nitrogen and oxygen atoms in total. The Hall–Kier alpha value is -0.0400. The maximum Gasteiger partial charge on any atom is 0.00104 e. The quantitative estimate of drug-likeness (QED) is 0.523. The summed E-state index contributed by atoms with van der Waals surface area (Å²) in [5, 5.41) is 0. The fraction of sp³-hybridized carbons (Fsp3) is 1.00. The first-order valence-corrected chi connectivity index (χ1v) is 6.53. The molecule has 0 spiro atoms. The third-order valence-corrected chi connectivity index (χ3v) is 2.76. The SMILES string of the molecule is CCCCCCCCCCC[C@@H](C)N. The summed E-state index contributed by atoms with van der Waals surface area (Å²) in [7, 11) is 0. The van der Waals surface area contributed by atoms with Crippen molar-refractivity contribution in [3.63, 3.8) is 0 Å². The Morgan fingerprint density at radius 3 is 1.64 bits per heavy atom. The van der Waals surface area contributed by atoms with E-state index in [4.69, 9.17) is 5.73 Å². The smallest absolute Gasteiger partial charge is 0.00104 e. The van der Waals surface area contributed by atoms with Gasteiger partial charge in [-0.1, -0.05) is 64.7 Å². The lowest BCUT2D eigenvalue weighted by atomic mass is 10.1. The van der Waals surface area contributed by atoms with Crippen LogP contribution in [0.2, 0.25) is 0 Å². The fourth-order valence-corrected chi connectivity index (χ4v) is 1.78. The third-order valence-electron chi connectivity index (χ3n) is 2.76. The normalized spacial score (nSPS) is 13.1. The van der Waals surface area contributed by atoms with Gasteiger partial charge in [0, 0.05) is 6.04 Å². The Kier molecular flexibility index (Phi) is 11.0. The van der Waals surface area contributed by atoms with Crippen LogP contribution in [0, 0.1) is 0 Å². The molecule has 0 fully saturated rings. The highest BCUT2D eigenvalue weighted by Gasteiger charge is 1.94. The number of hydrogen-bond donors (Lipinski definition) is 1. The van der Waals surface area contributed by atoms with Gasteiger partial charge in [0.25, 0.3) is 0 Å². The molecule has 0 amide bonds. The van der Waals surface area contributed by atoms with E-state index in [0.717, 1.165) is 0 Å². The van der Waals surface area contributed by atoms with Crippen molar-refractivity contribution in [2.45, 2.75) is 84.1 Å². The molecular formula is C13H29N. The van der Waals surface area contributed by atoms with Crippen LogP contribution in [0.25, 0.3) is 0 Å². The molecule has 0 saturated carbocycles. The molecule has 0 rings (SSSR count). The van der Waals surface area contributed by atoms with Crippen molar-refractivity contribution >= 4 is 0 Å². The van der Waals surface area contributed by atoms with Crippen LogP contribution in [0.15, 0.2) is 0 Å². The van der Waals surface area contributed by atoms with Crippen molar-refractivity contribution in [3.8, 4) is 0 Å². The molecule has 0 bridgehead atoms. The molecule has 86 valence electrons. The van der Waals surface area contributed by atoms with Gasteiger partial charge in [0.2, 0.25) is 0 Å². The second kappa shape index (κ2) is 11.0. The van der Waals surface area contributed by atoms with Gasteiger partial charge in [0.1, 0.15) is 0 Å². The molecule has 0 aromatic carbocycles. The van der Waals surface area contributed by atoms with Crippen molar-refractivity contribution in [2.75, 3.05) is 0 Å². The summed E-state index contributed by atoms with van der Waals surface area (Å²) < 4.78 is 0. The predicted octanol–water partition coefficient (Wildman–Crippen LogP) is 4.25. The molecule has 0 saturated heterocycles. The van der Waals surface area contributed by atoms with Crippen molar-refractivity contribution < 1.29 is 0 Å². The van der Waals surface area contributed by atoms with Gasteiger partial charge < -0.3 is 5.73 Å². The van der Waals surface area contributed by atoms with Gasteiger partial charge in [-0.2, -0.15) is 0 Å². The first kappa shape index (κ1) is 14.0. The summed E-state index contributed by atoms with van der Waals surface area (Å²) >= 11 is 0. The van der Waals surface area contributed by atoms with Crippen LogP contribution < -0.4 is 5.73 Å². The average Bonchev–Trinajstić information content (AvgIpc) is 2.15. The van der Waals surface area contributed by atoms with Gasteiger partial charge in [-0.05, 0) is 13.3 Å². The summed E-state index contributed by atoms with van der Waals surface area (Å²) in [4.78, 5) is 0. The second-order valence-corrected chi connectivity index (χ2v) is 4.59. The summed E-state index contributed by atoms with van der Waals surface area (Å²) in [5.41, 5.74) is 5.69. The molecule has 0 unspecified atom stereocenters. The Bertz CT molecular complexity index is 99.4. The first-order valence-electron chi connectivity index (χ1n) is 6.53. The number of hydrogen-bond acceptors (Lipinski definition) is 1.